The number of nitrogens with zero attached hydrogens (tertiary/aromatic N) is 1. The standard InChI is InChI=1S/C27H27ClF3NO2/c1-15-25-21(20-6-3-7-24(28)22(20)13-23(25)26(33)34-15)11-10-19-9-8-17(14-32-19)16-4-2-5-18(12-16)27(29,30)31/h2,4-5,8-12,14-15,20-25H,3,6-7,13H2,1H3/b11-10+/t15-,20?,21+,22?,23?,24?,25?/m1/s1. The van der Waals surface area contributed by atoms with E-state index in [0.29, 0.717) is 23.0 Å². The minimum absolute atomic E-state index is 0.0872. The van der Waals surface area contributed by atoms with Crippen molar-refractivity contribution in [2.24, 2.45) is 29.6 Å². The van der Waals surface area contributed by atoms with Crippen LogP contribution in [-0.2, 0) is 15.7 Å². The molecule has 1 saturated heterocycles. The molecule has 3 aliphatic rings. The van der Waals surface area contributed by atoms with Gasteiger partial charge in [-0.15, -0.1) is 11.6 Å². The van der Waals surface area contributed by atoms with E-state index in [1.807, 2.05) is 19.1 Å². The van der Waals surface area contributed by atoms with Crippen molar-refractivity contribution in [3.8, 4) is 11.1 Å². The Morgan fingerprint density at radius 3 is 2.68 bits per heavy atom. The molecule has 5 rings (SSSR count). The molecule has 180 valence electrons. The number of carbonyl (C=O) groups is 1. The maximum atomic E-state index is 13.0. The zero-order chi connectivity index (χ0) is 24.0. The zero-order valence-corrected chi connectivity index (χ0v) is 19.6. The van der Waals surface area contributed by atoms with Gasteiger partial charge in [0, 0.05) is 23.1 Å². The first-order valence-electron chi connectivity index (χ1n) is 11.9. The maximum Gasteiger partial charge on any atom is 0.416 e. The number of benzene rings is 1. The number of cyclic esters (lactones) is 1. The number of rotatable bonds is 3. The third-order valence-corrected chi connectivity index (χ3v) is 8.45. The second-order valence-electron chi connectivity index (χ2n) is 9.82. The molecule has 34 heavy (non-hydrogen) atoms. The highest BCUT2D eigenvalue weighted by atomic mass is 35.5. The fourth-order valence-corrected chi connectivity index (χ4v) is 6.77. The summed E-state index contributed by atoms with van der Waals surface area (Å²) < 4.78 is 44.8. The summed E-state index contributed by atoms with van der Waals surface area (Å²) in [6, 6.07) is 8.85. The van der Waals surface area contributed by atoms with Crippen LogP contribution in [0.25, 0.3) is 17.2 Å². The normalized spacial score (nSPS) is 33.4. The summed E-state index contributed by atoms with van der Waals surface area (Å²) in [5.74, 6) is 0.817. The molecule has 0 N–H and O–H groups in total. The van der Waals surface area contributed by atoms with Crippen molar-refractivity contribution in [1.82, 2.24) is 4.98 Å². The number of alkyl halides is 4. The van der Waals surface area contributed by atoms with Crippen molar-refractivity contribution >= 4 is 23.6 Å². The predicted octanol–water partition coefficient (Wildman–Crippen LogP) is 7.00. The Labute approximate surface area is 202 Å². The Morgan fingerprint density at radius 2 is 1.94 bits per heavy atom. The Morgan fingerprint density at radius 1 is 1.12 bits per heavy atom. The van der Waals surface area contributed by atoms with Crippen molar-refractivity contribution < 1.29 is 22.7 Å². The number of fused-ring (bicyclic) bond motifs is 2. The number of hydrogen-bond acceptors (Lipinski definition) is 3. The van der Waals surface area contributed by atoms with Crippen LogP contribution in [0.4, 0.5) is 13.2 Å². The molecule has 2 aromatic rings. The van der Waals surface area contributed by atoms with E-state index in [1.54, 1.807) is 18.3 Å². The fraction of sp³-hybridized carbons (Fsp3) is 0.481. The number of halogens is 4. The summed E-state index contributed by atoms with van der Waals surface area (Å²) in [7, 11) is 0. The first kappa shape index (κ1) is 23.4. The fourth-order valence-electron chi connectivity index (χ4n) is 6.32. The van der Waals surface area contributed by atoms with Crippen LogP contribution in [0.2, 0.25) is 0 Å². The molecule has 5 unspecified atom stereocenters. The molecule has 1 aliphatic heterocycles. The molecule has 2 saturated carbocycles. The van der Waals surface area contributed by atoms with Gasteiger partial charge in [-0.3, -0.25) is 9.78 Å². The van der Waals surface area contributed by atoms with Crippen LogP contribution >= 0.6 is 11.6 Å². The number of carbonyl (C=O) groups excluding carboxylic acids is 1. The van der Waals surface area contributed by atoms with Gasteiger partial charge in [0.25, 0.3) is 0 Å². The van der Waals surface area contributed by atoms with Gasteiger partial charge in [0.15, 0.2) is 0 Å². The van der Waals surface area contributed by atoms with Crippen molar-refractivity contribution in [3.63, 3.8) is 0 Å². The summed E-state index contributed by atoms with van der Waals surface area (Å²) in [6.45, 7) is 1.98. The second kappa shape index (κ2) is 9.03. The Balaban J connectivity index is 1.39. The minimum Gasteiger partial charge on any atom is -0.462 e. The molecule has 0 amide bonds. The molecule has 2 heterocycles. The number of allylic oxidation sites excluding steroid dienone is 1. The quantitative estimate of drug-likeness (QED) is 0.344. The molecule has 1 aromatic carbocycles. The number of hydrogen-bond donors (Lipinski definition) is 0. The lowest BCUT2D eigenvalue weighted by atomic mass is 9.57. The molecular formula is C27H27ClF3NO2. The van der Waals surface area contributed by atoms with Crippen molar-refractivity contribution in [3.05, 3.63) is 59.9 Å². The van der Waals surface area contributed by atoms with E-state index in [1.165, 1.54) is 6.07 Å². The smallest absolute Gasteiger partial charge is 0.416 e. The Hall–Kier alpha value is -2.34. The predicted molar refractivity (Wildman–Crippen MR) is 125 cm³/mol. The van der Waals surface area contributed by atoms with Crippen molar-refractivity contribution in [2.75, 3.05) is 0 Å². The number of esters is 1. The highest BCUT2D eigenvalue weighted by Gasteiger charge is 2.55. The van der Waals surface area contributed by atoms with E-state index in [-0.39, 0.29) is 35.2 Å². The van der Waals surface area contributed by atoms with Crippen LogP contribution in [0.1, 0.15) is 43.9 Å². The van der Waals surface area contributed by atoms with Crippen LogP contribution in [0.3, 0.4) is 0 Å². The zero-order valence-electron chi connectivity index (χ0n) is 18.8. The van der Waals surface area contributed by atoms with E-state index in [4.69, 9.17) is 16.3 Å². The van der Waals surface area contributed by atoms with Crippen LogP contribution in [-0.4, -0.2) is 22.4 Å². The van der Waals surface area contributed by atoms with Gasteiger partial charge < -0.3 is 4.74 Å². The number of pyridine rings is 1. The van der Waals surface area contributed by atoms with Crippen molar-refractivity contribution in [1.29, 1.82) is 0 Å². The van der Waals surface area contributed by atoms with Gasteiger partial charge in [-0.05, 0) is 73.8 Å². The second-order valence-corrected chi connectivity index (χ2v) is 10.4. The van der Waals surface area contributed by atoms with Gasteiger partial charge in [-0.25, -0.2) is 0 Å². The van der Waals surface area contributed by atoms with Gasteiger partial charge in [0.2, 0.25) is 0 Å². The van der Waals surface area contributed by atoms with Crippen LogP contribution in [0.15, 0.2) is 48.7 Å². The first-order valence-corrected chi connectivity index (χ1v) is 12.3. The van der Waals surface area contributed by atoms with Crippen LogP contribution in [0, 0.1) is 29.6 Å². The SMILES string of the molecule is C[C@H]1OC(=O)C2CC3C(Cl)CCCC3[C@H](/C=C/c3ccc(-c4cccc(C(F)(F)F)c4)cn3)C21. The van der Waals surface area contributed by atoms with Crippen LogP contribution < -0.4 is 0 Å². The third-order valence-electron chi connectivity index (χ3n) is 7.91. The van der Waals surface area contributed by atoms with E-state index >= 15 is 0 Å². The maximum absolute atomic E-state index is 13.0. The molecule has 7 atom stereocenters. The van der Waals surface area contributed by atoms with E-state index in [0.717, 1.165) is 43.5 Å². The van der Waals surface area contributed by atoms with Gasteiger partial charge in [0.1, 0.15) is 6.10 Å². The minimum atomic E-state index is -4.38. The summed E-state index contributed by atoms with van der Waals surface area (Å²) in [5.41, 5.74) is 1.15. The summed E-state index contributed by atoms with van der Waals surface area (Å²) >= 11 is 6.70. The number of aromatic nitrogens is 1. The average Bonchev–Trinajstić information content (AvgIpc) is 3.10. The third kappa shape index (κ3) is 4.37. The Kier molecular flexibility index (Phi) is 6.21. The highest BCUT2D eigenvalue weighted by Crippen LogP contribution is 2.54. The van der Waals surface area contributed by atoms with E-state index in [9.17, 15) is 18.0 Å². The van der Waals surface area contributed by atoms with E-state index in [2.05, 4.69) is 11.1 Å². The topological polar surface area (TPSA) is 39.2 Å². The summed E-state index contributed by atoms with van der Waals surface area (Å²) in [5, 5.41) is 0.0872. The van der Waals surface area contributed by atoms with Gasteiger partial charge in [-0.1, -0.05) is 30.7 Å². The lowest BCUT2D eigenvalue weighted by molar-refractivity contribution is -0.144. The molecule has 3 fully saturated rings. The lowest BCUT2D eigenvalue weighted by Crippen LogP contribution is -2.46. The molecule has 0 spiro atoms. The highest BCUT2D eigenvalue weighted by molar-refractivity contribution is 6.20. The van der Waals surface area contributed by atoms with Crippen LogP contribution in [0.5, 0.6) is 0 Å². The molecule has 7 heteroatoms. The number of ether oxygens (including phenoxy) is 1. The molecule has 0 radical (unpaired) electrons. The van der Waals surface area contributed by atoms with E-state index < -0.39 is 11.7 Å². The van der Waals surface area contributed by atoms with Crippen molar-refractivity contribution in [2.45, 2.75) is 50.3 Å². The monoisotopic (exact) mass is 489 g/mol. The van der Waals surface area contributed by atoms with Gasteiger partial charge in [0.05, 0.1) is 17.2 Å². The average molecular weight is 490 g/mol. The summed E-state index contributed by atoms with van der Waals surface area (Å²) in [6.07, 6.45) is 5.19. The molecule has 1 aromatic heterocycles. The lowest BCUT2D eigenvalue weighted by Gasteiger charge is -2.47. The first-order chi connectivity index (χ1) is 16.2. The molecular weight excluding hydrogens is 463 g/mol. The molecule has 0 bridgehead atoms. The summed E-state index contributed by atoms with van der Waals surface area (Å²) in [4.78, 5) is 17.0. The Bertz CT molecular complexity index is 1080. The van der Waals surface area contributed by atoms with Gasteiger partial charge in [-0.2, -0.15) is 13.2 Å². The largest absolute Gasteiger partial charge is 0.462 e. The van der Waals surface area contributed by atoms with Gasteiger partial charge >= 0.3 is 12.1 Å². The molecule has 3 nitrogen and oxygen atoms in total. The molecule has 2 aliphatic carbocycles.